The van der Waals surface area contributed by atoms with Crippen molar-refractivity contribution >= 4 is 39.5 Å². The average Bonchev–Trinajstić information content (AvgIpc) is 1.77. The van der Waals surface area contributed by atoms with E-state index in [0.29, 0.717) is 31.6 Å². The molecule has 0 bridgehead atoms. The third-order valence-electron chi connectivity index (χ3n) is 17.3. The summed E-state index contributed by atoms with van der Waals surface area (Å²) in [5, 5.41) is 10.6. The minimum absolute atomic E-state index is 0.106. The third kappa shape index (κ3) is 68.6. The predicted molar refractivity (Wildman–Crippen MR) is 381 cm³/mol. The highest BCUT2D eigenvalue weighted by molar-refractivity contribution is 7.47. The van der Waals surface area contributed by atoms with E-state index in [-0.39, 0.29) is 25.7 Å². The molecule has 0 aliphatic rings. The first-order valence-corrected chi connectivity index (χ1v) is 41.7. The van der Waals surface area contributed by atoms with Crippen LogP contribution in [0.15, 0.2) is 0 Å². The Hall–Kier alpha value is -1.94. The number of hydrogen-bond acceptors (Lipinski definition) is 15. The summed E-state index contributed by atoms with van der Waals surface area (Å²) in [7, 11) is -9.91. The number of esters is 4. The van der Waals surface area contributed by atoms with E-state index in [4.69, 9.17) is 37.0 Å². The Kier molecular flexibility index (Phi) is 63.1. The smallest absolute Gasteiger partial charge is 0.462 e. The standard InChI is InChI=1S/C75H146O17P2/c1-65(2)51-43-35-27-21-16-12-9-10-14-18-24-31-41-49-57-74(79)91-70(61-85-72(77)55-47-39-30-26-20-23-29-37-45-53-67(5)6)63-89-93(81,82)87-59-69(76)60-88-94(83,84)90-64-71(62-86-73(78)56-48-40-34-33-38-46-54-68(7)8)92-75(80)58-50-42-32-25-19-15-11-13-17-22-28-36-44-52-66(3)4/h65-71,76H,9-64H2,1-8H3,(H,81,82)(H,83,84)/t69-,70-,71-/m1/s1. The fraction of sp³-hybridized carbons (Fsp3) is 0.947. The monoisotopic (exact) mass is 1380 g/mol. The van der Waals surface area contributed by atoms with Crippen molar-refractivity contribution in [1.82, 2.24) is 0 Å². The number of phosphoric acid groups is 2. The molecular formula is C75H146O17P2. The van der Waals surface area contributed by atoms with Crippen molar-refractivity contribution in [2.45, 2.75) is 395 Å². The summed E-state index contributed by atoms with van der Waals surface area (Å²) >= 11 is 0. The highest BCUT2D eigenvalue weighted by Crippen LogP contribution is 2.45. The van der Waals surface area contributed by atoms with Gasteiger partial charge in [0, 0.05) is 25.7 Å². The van der Waals surface area contributed by atoms with Gasteiger partial charge in [0.15, 0.2) is 12.2 Å². The van der Waals surface area contributed by atoms with E-state index < -0.39 is 97.5 Å². The summed E-state index contributed by atoms with van der Waals surface area (Å²) < 4.78 is 68.5. The molecule has 2 unspecified atom stereocenters. The second kappa shape index (κ2) is 64.4. The molecule has 0 aromatic rings. The molecule has 17 nitrogen and oxygen atoms in total. The number of aliphatic hydroxyl groups excluding tert-OH is 1. The third-order valence-corrected chi connectivity index (χ3v) is 19.2. The molecule has 0 radical (unpaired) electrons. The molecule has 0 amide bonds. The average molecular weight is 1380 g/mol. The van der Waals surface area contributed by atoms with Gasteiger partial charge in [-0.1, -0.05) is 325 Å². The molecule has 5 atom stereocenters. The summed E-state index contributed by atoms with van der Waals surface area (Å²) in [4.78, 5) is 72.7. The van der Waals surface area contributed by atoms with E-state index in [1.54, 1.807) is 0 Å². The van der Waals surface area contributed by atoms with Gasteiger partial charge in [-0.2, -0.15) is 0 Å². The number of phosphoric ester groups is 2. The van der Waals surface area contributed by atoms with Crippen molar-refractivity contribution in [3.05, 3.63) is 0 Å². The Morgan fingerprint density at radius 1 is 0.266 bits per heavy atom. The quantitative estimate of drug-likeness (QED) is 0.0222. The predicted octanol–water partition coefficient (Wildman–Crippen LogP) is 21.7. The number of unbranched alkanes of at least 4 members (excludes halogenated alkanes) is 38. The van der Waals surface area contributed by atoms with Crippen LogP contribution in [0.3, 0.4) is 0 Å². The maximum atomic E-state index is 13.1. The molecule has 3 N–H and O–H groups in total. The summed E-state index contributed by atoms with van der Waals surface area (Å²) in [6, 6.07) is 0. The lowest BCUT2D eigenvalue weighted by Crippen LogP contribution is -2.30. The largest absolute Gasteiger partial charge is 0.472 e. The highest BCUT2D eigenvalue weighted by atomic mass is 31.2. The zero-order valence-corrected chi connectivity index (χ0v) is 63.4. The van der Waals surface area contributed by atoms with Crippen molar-refractivity contribution < 1.29 is 80.2 Å². The second-order valence-electron chi connectivity index (χ2n) is 28.9. The van der Waals surface area contributed by atoms with Crippen molar-refractivity contribution in [1.29, 1.82) is 0 Å². The van der Waals surface area contributed by atoms with Crippen molar-refractivity contribution in [3.63, 3.8) is 0 Å². The van der Waals surface area contributed by atoms with E-state index >= 15 is 0 Å². The Labute approximate surface area is 575 Å². The van der Waals surface area contributed by atoms with E-state index in [0.717, 1.165) is 114 Å². The Balaban J connectivity index is 5.23. The van der Waals surface area contributed by atoms with Crippen molar-refractivity contribution in [2.24, 2.45) is 23.7 Å². The molecule has 19 heteroatoms. The maximum Gasteiger partial charge on any atom is 0.472 e. The lowest BCUT2D eigenvalue weighted by Gasteiger charge is -2.21. The van der Waals surface area contributed by atoms with Crippen LogP contribution >= 0.6 is 15.6 Å². The summed E-state index contributed by atoms with van der Waals surface area (Å²) in [5.41, 5.74) is 0. The summed E-state index contributed by atoms with van der Waals surface area (Å²) in [5.74, 6) is 0.881. The van der Waals surface area contributed by atoms with Crippen LogP contribution in [0.5, 0.6) is 0 Å². The van der Waals surface area contributed by atoms with Gasteiger partial charge in [0.05, 0.1) is 26.4 Å². The first kappa shape index (κ1) is 92.1. The summed E-state index contributed by atoms with van der Waals surface area (Å²) in [6.45, 7) is 14.1. The molecule has 0 fully saturated rings. The van der Waals surface area contributed by atoms with Crippen LogP contribution in [0, 0.1) is 23.7 Å². The van der Waals surface area contributed by atoms with Gasteiger partial charge < -0.3 is 33.8 Å². The molecule has 0 heterocycles. The first-order valence-electron chi connectivity index (χ1n) is 38.7. The van der Waals surface area contributed by atoms with Crippen LogP contribution in [-0.4, -0.2) is 96.7 Å². The van der Waals surface area contributed by atoms with Crippen LogP contribution in [0.4, 0.5) is 0 Å². The Bertz CT molecular complexity index is 1850. The fourth-order valence-corrected chi connectivity index (χ4v) is 13.0. The minimum Gasteiger partial charge on any atom is -0.462 e. The van der Waals surface area contributed by atoms with Crippen LogP contribution in [0.1, 0.15) is 376 Å². The second-order valence-corrected chi connectivity index (χ2v) is 31.9. The van der Waals surface area contributed by atoms with Gasteiger partial charge in [-0.05, 0) is 49.4 Å². The Morgan fingerprint density at radius 3 is 0.660 bits per heavy atom. The minimum atomic E-state index is -4.96. The van der Waals surface area contributed by atoms with Gasteiger partial charge in [-0.3, -0.25) is 37.3 Å². The number of carbonyl (C=O) groups excluding carboxylic acids is 4. The number of carbonyl (C=O) groups is 4. The van der Waals surface area contributed by atoms with Gasteiger partial charge in [0.2, 0.25) is 0 Å². The number of hydrogen-bond donors (Lipinski definition) is 3. The summed E-state index contributed by atoms with van der Waals surface area (Å²) in [6.07, 6.45) is 48.7. The van der Waals surface area contributed by atoms with Crippen LogP contribution in [0.2, 0.25) is 0 Å². The molecule has 0 rings (SSSR count). The normalized spacial score (nSPS) is 14.2. The number of ether oxygens (including phenoxy) is 4. The lowest BCUT2D eigenvalue weighted by atomic mass is 10.0. The molecule has 94 heavy (non-hydrogen) atoms. The van der Waals surface area contributed by atoms with E-state index in [1.807, 2.05) is 0 Å². The molecule has 0 saturated carbocycles. The molecule has 0 saturated heterocycles. The first-order chi connectivity index (χ1) is 45.1. The molecular weight excluding hydrogens is 1230 g/mol. The SMILES string of the molecule is CC(C)CCCCCCCCCCCCCCCCC(=O)O[C@H](COC(=O)CCCCCCCCCCCC(C)C)COP(=O)(O)OC[C@@H](O)COP(=O)(O)OC[C@@H](COC(=O)CCCCCCCCC(C)C)OC(=O)CCCCCCCCCCCCCCCC(C)C. The zero-order chi connectivity index (χ0) is 69.6. The molecule has 0 aromatic heterocycles. The number of aliphatic hydroxyl groups is 1. The van der Waals surface area contributed by atoms with Crippen molar-refractivity contribution in [3.8, 4) is 0 Å². The van der Waals surface area contributed by atoms with E-state index in [1.165, 1.54) is 173 Å². The van der Waals surface area contributed by atoms with Gasteiger partial charge in [-0.15, -0.1) is 0 Å². The van der Waals surface area contributed by atoms with Gasteiger partial charge in [0.25, 0.3) is 0 Å². The van der Waals surface area contributed by atoms with Crippen LogP contribution in [-0.2, 0) is 65.4 Å². The van der Waals surface area contributed by atoms with Crippen LogP contribution in [0.25, 0.3) is 0 Å². The molecule has 0 aromatic carbocycles. The number of rotatable bonds is 72. The van der Waals surface area contributed by atoms with Crippen LogP contribution < -0.4 is 0 Å². The highest BCUT2D eigenvalue weighted by Gasteiger charge is 2.30. The van der Waals surface area contributed by atoms with E-state index in [9.17, 15) is 43.2 Å². The molecule has 0 aliphatic carbocycles. The van der Waals surface area contributed by atoms with Crippen molar-refractivity contribution in [2.75, 3.05) is 39.6 Å². The molecule has 558 valence electrons. The van der Waals surface area contributed by atoms with Gasteiger partial charge in [-0.25, -0.2) is 9.13 Å². The Morgan fingerprint density at radius 2 is 0.447 bits per heavy atom. The van der Waals surface area contributed by atoms with E-state index in [2.05, 4.69) is 55.4 Å². The zero-order valence-electron chi connectivity index (χ0n) is 61.6. The van der Waals surface area contributed by atoms with Gasteiger partial charge >= 0.3 is 39.5 Å². The van der Waals surface area contributed by atoms with Gasteiger partial charge in [0.1, 0.15) is 19.3 Å². The molecule has 0 aliphatic heterocycles. The fourth-order valence-electron chi connectivity index (χ4n) is 11.4. The maximum absolute atomic E-state index is 13.1. The topological polar surface area (TPSA) is 237 Å². The lowest BCUT2D eigenvalue weighted by molar-refractivity contribution is -0.161. The molecule has 0 spiro atoms.